The van der Waals surface area contributed by atoms with Gasteiger partial charge in [-0.3, -0.25) is 10.1 Å². The van der Waals surface area contributed by atoms with E-state index < -0.39 is 5.97 Å². The summed E-state index contributed by atoms with van der Waals surface area (Å²) in [5.74, 6) is -0.138. The fourth-order valence-corrected chi connectivity index (χ4v) is 4.65. The van der Waals surface area contributed by atoms with Crippen molar-refractivity contribution in [3.8, 4) is 0 Å². The highest BCUT2D eigenvalue weighted by molar-refractivity contribution is 8.01. The summed E-state index contributed by atoms with van der Waals surface area (Å²) in [5.41, 5.74) is 0. The van der Waals surface area contributed by atoms with Gasteiger partial charge < -0.3 is 10.0 Å². The molecule has 0 atom stereocenters. The standard InChI is InChI=1S/C18H27N3O3S2/c1-3-4-5-10-21(14-8-6-13(2)7-9-14)18(24)20-17-19-11-16(26-17)25-12-15(22)23/h3-4,11,13-14H,5-10,12H2,1-2H3,(H,22,23)(H,19,20,24)/b4-3+. The molecule has 1 fully saturated rings. The Morgan fingerprint density at radius 2 is 2.15 bits per heavy atom. The third kappa shape index (κ3) is 6.64. The van der Waals surface area contributed by atoms with Gasteiger partial charge in [0, 0.05) is 12.6 Å². The summed E-state index contributed by atoms with van der Waals surface area (Å²) in [6.07, 6.45) is 10.9. The SMILES string of the molecule is C/C=C/CCN(C(=O)Nc1ncc(SCC(=O)O)s1)C1CCC(C)CC1. The highest BCUT2D eigenvalue weighted by atomic mass is 32.2. The van der Waals surface area contributed by atoms with Crippen LogP contribution in [-0.4, -0.2) is 45.3 Å². The van der Waals surface area contributed by atoms with Gasteiger partial charge in [-0.2, -0.15) is 0 Å². The van der Waals surface area contributed by atoms with Gasteiger partial charge >= 0.3 is 12.0 Å². The Kier molecular flexibility index (Phi) is 8.44. The number of hydrogen-bond acceptors (Lipinski definition) is 5. The van der Waals surface area contributed by atoms with Gasteiger partial charge in [-0.05, 0) is 44.9 Å². The van der Waals surface area contributed by atoms with E-state index in [2.05, 4.69) is 23.3 Å². The van der Waals surface area contributed by atoms with E-state index in [0.717, 1.165) is 42.2 Å². The number of aromatic nitrogens is 1. The van der Waals surface area contributed by atoms with E-state index in [-0.39, 0.29) is 17.8 Å². The summed E-state index contributed by atoms with van der Waals surface area (Å²) in [5, 5.41) is 12.2. The van der Waals surface area contributed by atoms with Crippen LogP contribution >= 0.6 is 23.1 Å². The number of nitrogens with one attached hydrogen (secondary N) is 1. The molecular formula is C18H27N3O3S2. The number of carboxylic acids is 1. The van der Waals surface area contributed by atoms with Crippen LogP contribution in [0, 0.1) is 5.92 Å². The second-order valence-corrected chi connectivity index (χ2v) is 8.87. The van der Waals surface area contributed by atoms with Crippen LogP contribution in [0.2, 0.25) is 0 Å². The molecule has 26 heavy (non-hydrogen) atoms. The second kappa shape index (κ2) is 10.6. The fourth-order valence-electron chi connectivity index (χ4n) is 3.06. The molecule has 1 aliphatic carbocycles. The van der Waals surface area contributed by atoms with Crippen LogP contribution in [0.25, 0.3) is 0 Å². The lowest BCUT2D eigenvalue weighted by Gasteiger charge is -2.35. The number of rotatable bonds is 8. The predicted octanol–water partition coefficient (Wildman–Crippen LogP) is 4.70. The number of aliphatic carboxylic acids is 1. The Hall–Kier alpha value is -1.54. The summed E-state index contributed by atoms with van der Waals surface area (Å²) in [7, 11) is 0. The predicted molar refractivity (Wildman–Crippen MR) is 107 cm³/mol. The number of hydrogen-bond donors (Lipinski definition) is 2. The molecule has 0 aliphatic heterocycles. The number of carbonyl (C=O) groups is 2. The number of nitrogens with zero attached hydrogens (tertiary/aromatic N) is 2. The zero-order valence-electron chi connectivity index (χ0n) is 15.3. The average molecular weight is 398 g/mol. The van der Waals surface area contributed by atoms with Gasteiger partial charge in [0.2, 0.25) is 0 Å². The van der Waals surface area contributed by atoms with Crippen molar-refractivity contribution in [3.63, 3.8) is 0 Å². The number of anilines is 1. The maximum absolute atomic E-state index is 12.8. The maximum atomic E-state index is 12.8. The Morgan fingerprint density at radius 1 is 1.42 bits per heavy atom. The van der Waals surface area contributed by atoms with Crippen molar-refractivity contribution in [1.29, 1.82) is 0 Å². The monoisotopic (exact) mass is 397 g/mol. The number of amides is 2. The van der Waals surface area contributed by atoms with E-state index in [1.165, 1.54) is 23.1 Å². The van der Waals surface area contributed by atoms with Crippen molar-refractivity contribution in [2.75, 3.05) is 17.6 Å². The molecule has 1 aromatic rings. The third-order valence-corrected chi connectivity index (χ3v) is 6.59. The van der Waals surface area contributed by atoms with Crippen molar-refractivity contribution < 1.29 is 14.7 Å². The number of carboxylic acid groups (broad SMARTS) is 1. The van der Waals surface area contributed by atoms with Gasteiger partial charge in [0.1, 0.15) is 0 Å². The summed E-state index contributed by atoms with van der Waals surface area (Å²) >= 11 is 2.52. The molecule has 0 bridgehead atoms. The first-order valence-electron chi connectivity index (χ1n) is 8.98. The Labute approximate surface area is 163 Å². The first-order valence-corrected chi connectivity index (χ1v) is 10.8. The molecular weight excluding hydrogens is 370 g/mol. The molecule has 0 radical (unpaired) electrons. The van der Waals surface area contributed by atoms with Crippen LogP contribution in [0.15, 0.2) is 22.6 Å². The second-order valence-electron chi connectivity index (χ2n) is 6.56. The van der Waals surface area contributed by atoms with Crippen LogP contribution in [-0.2, 0) is 4.79 Å². The minimum atomic E-state index is -0.865. The lowest BCUT2D eigenvalue weighted by molar-refractivity contribution is -0.133. The molecule has 2 N–H and O–H groups in total. The normalized spacial score (nSPS) is 20.2. The lowest BCUT2D eigenvalue weighted by atomic mass is 9.86. The summed E-state index contributed by atoms with van der Waals surface area (Å²) in [4.78, 5) is 29.6. The molecule has 2 amide bonds. The molecule has 6 nitrogen and oxygen atoms in total. The van der Waals surface area contributed by atoms with Crippen molar-refractivity contribution in [1.82, 2.24) is 9.88 Å². The molecule has 144 valence electrons. The zero-order chi connectivity index (χ0) is 18.9. The first kappa shape index (κ1) is 20.8. The smallest absolute Gasteiger partial charge is 0.323 e. The van der Waals surface area contributed by atoms with E-state index in [0.29, 0.717) is 11.7 Å². The average Bonchev–Trinajstić information content (AvgIpc) is 3.05. The minimum absolute atomic E-state index is 0.00862. The molecule has 0 saturated heterocycles. The van der Waals surface area contributed by atoms with Gasteiger partial charge in [0.15, 0.2) is 5.13 Å². The Bertz CT molecular complexity index is 625. The molecule has 8 heteroatoms. The van der Waals surface area contributed by atoms with Gasteiger partial charge in [-0.15, -0.1) is 11.8 Å². The number of allylic oxidation sites excluding steroid dienone is 1. The number of urea groups is 1. The van der Waals surface area contributed by atoms with Crippen molar-refractivity contribution in [2.45, 2.75) is 56.2 Å². The van der Waals surface area contributed by atoms with E-state index in [9.17, 15) is 9.59 Å². The van der Waals surface area contributed by atoms with Gasteiger partial charge in [0.05, 0.1) is 16.2 Å². The van der Waals surface area contributed by atoms with E-state index >= 15 is 0 Å². The first-order chi connectivity index (χ1) is 12.5. The fraction of sp³-hybridized carbons (Fsp3) is 0.611. The maximum Gasteiger partial charge on any atom is 0.323 e. The Balaban J connectivity index is 1.97. The Morgan fingerprint density at radius 3 is 2.81 bits per heavy atom. The molecule has 0 spiro atoms. The third-order valence-electron chi connectivity index (χ3n) is 4.50. The highest BCUT2D eigenvalue weighted by Crippen LogP contribution is 2.30. The van der Waals surface area contributed by atoms with E-state index in [4.69, 9.17) is 5.11 Å². The van der Waals surface area contributed by atoms with Gasteiger partial charge in [0.25, 0.3) is 0 Å². The largest absolute Gasteiger partial charge is 0.481 e. The van der Waals surface area contributed by atoms with Crippen LogP contribution in [0.4, 0.5) is 9.93 Å². The molecule has 2 rings (SSSR count). The van der Waals surface area contributed by atoms with Gasteiger partial charge in [-0.1, -0.05) is 30.4 Å². The molecule has 0 aromatic carbocycles. The number of thioether (sulfide) groups is 1. The summed E-state index contributed by atoms with van der Waals surface area (Å²) in [6.45, 7) is 4.95. The van der Waals surface area contributed by atoms with Crippen LogP contribution < -0.4 is 5.32 Å². The van der Waals surface area contributed by atoms with Crippen molar-refractivity contribution in [3.05, 3.63) is 18.3 Å². The summed E-state index contributed by atoms with van der Waals surface area (Å²) in [6, 6.07) is 0.162. The topological polar surface area (TPSA) is 82.5 Å². The van der Waals surface area contributed by atoms with Gasteiger partial charge in [-0.25, -0.2) is 9.78 Å². The molecule has 0 unspecified atom stereocenters. The molecule has 1 saturated carbocycles. The highest BCUT2D eigenvalue weighted by Gasteiger charge is 2.27. The van der Waals surface area contributed by atoms with Crippen LogP contribution in [0.5, 0.6) is 0 Å². The van der Waals surface area contributed by atoms with Crippen LogP contribution in [0.1, 0.15) is 46.0 Å². The quantitative estimate of drug-likeness (QED) is 0.491. The van der Waals surface area contributed by atoms with Crippen molar-refractivity contribution >= 4 is 40.2 Å². The lowest BCUT2D eigenvalue weighted by Crippen LogP contribution is -2.45. The zero-order valence-corrected chi connectivity index (χ0v) is 16.9. The molecule has 1 heterocycles. The van der Waals surface area contributed by atoms with E-state index in [1.54, 1.807) is 6.20 Å². The number of thiazole rings is 1. The van der Waals surface area contributed by atoms with E-state index in [1.807, 2.05) is 17.9 Å². The minimum Gasteiger partial charge on any atom is -0.481 e. The van der Waals surface area contributed by atoms with Crippen LogP contribution in [0.3, 0.4) is 0 Å². The van der Waals surface area contributed by atoms with Crippen molar-refractivity contribution in [2.24, 2.45) is 5.92 Å². The summed E-state index contributed by atoms with van der Waals surface area (Å²) < 4.78 is 0.787. The number of carbonyl (C=O) groups excluding carboxylic acids is 1. The molecule has 1 aromatic heterocycles. The molecule has 1 aliphatic rings.